The molecule has 1 aliphatic heterocycles. The predicted octanol–water partition coefficient (Wildman–Crippen LogP) is 3.92. The van der Waals surface area contributed by atoms with Gasteiger partial charge in [0.05, 0.1) is 24.7 Å². The summed E-state index contributed by atoms with van der Waals surface area (Å²) >= 11 is 0. The van der Waals surface area contributed by atoms with Crippen molar-refractivity contribution in [2.24, 2.45) is 5.92 Å². The van der Waals surface area contributed by atoms with Gasteiger partial charge in [-0.1, -0.05) is 36.4 Å². The summed E-state index contributed by atoms with van der Waals surface area (Å²) < 4.78 is 11.4. The lowest BCUT2D eigenvalue weighted by molar-refractivity contribution is -0.163. The summed E-state index contributed by atoms with van der Waals surface area (Å²) in [5.41, 5.74) is 1.28. The Balaban J connectivity index is 1.99. The number of esters is 1. The van der Waals surface area contributed by atoms with Crippen molar-refractivity contribution in [3.8, 4) is 0 Å². The Morgan fingerprint density at radius 1 is 1.36 bits per heavy atom. The zero-order valence-corrected chi connectivity index (χ0v) is 13.4. The van der Waals surface area contributed by atoms with Crippen LogP contribution >= 0.6 is 0 Å². The molecule has 1 saturated heterocycles. The first-order valence-corrected chi connectivity index (χ1v) is 8.21. The topological polar surface area (TPSA) is 35.5 Å². The molecule has 1 fully saturated rings. The van der Waals surface area contributed by atoms with Gasteiger partial charge in [0.2, 0.25) is 0 Å². The van der Waals surface area contributed by atoms with Gasteiger partial charge in [0.15, 0.2) is 0 Å². The Kier molecular flexibility index (Phi) is 6.66. The summed E-state index contributed by atoms with van der Waals surface area (Å²) in [6.45, 7) is 6.06. The van der Waals surface area contributed by atoms with E-state index in [0.29, 0.717) is 6.61 Å². The van der Waals surface area contributed by atoms with Crippen LogP contribution in [0.15, 0.2) is 43.0 Å². The fourth-order valence-corrected chi connectivity index (χ4v) is 3.06. The third kappa shape index (κ3) is 4.70. The molecule has 1 aromatic carbocycles. The van der Waals surface area contributed by atoms with E-state index in [1.165, 1.54) is 5.56 Å². The van der Waals surface area contributed by atoms with Crippen LogP contribution in [0.5, 0.6) is 0 Å². The van der Waals surface area contributed by atoms with Crippen molar-refractivity contribution in [2.75, 3.05) is 6.61 Å². The standard InChI is InChI=1S/C19H26O3/c1-3-8-16-12-13-17(19(20)21-4-2)18(22-16)14-11-15-9-6-5-7-10-15/h3,5-7,9-10,16-18H,1,4,8,11-14H2,2H3/t16-,17-,18+/m1/s1. The van der Waals surface area contributed by atoms with Crippen LogP contribution in [0, 0.1) is 5.92 Å². The lowest BCUT2D eigenvalue weighted by atomic mass is 9.87. The number of hydrogen-bond donors (Lipinski definition) is 0. The van der Waals surface area contributed by atoms with Crippen LogP contribution in [0.3, 0.4) is 0 Å². The van der Waals surface area contributed by atoms with E-state index in [2.05, 4.69) is 18.7 Å². The van der Waals surface area contributed by atoms with Crippen LogP contribution in [0.25, 0.3) is 0 Å². The maximum absolute atomic E-state index is 12.2. The monoisotopic (exact) mass is 302 g/mol. The van der Waals surface area contributed by atoms with Gasteiger partial charge in [0, 0.05) is 0 Å². The zero-order valence-electron chi connectivity index (χ0n) is 13.4. The summed E-state index contributed by atoms with van der Waals surface area (Å²) in [5.74, 6) is -0.248. The van der Waals surface area contributed by atoms with Gasteiger partial charge >= 0.3 is 5.97 Å². The highest BCUT2D eigenvalue weighted by Crippen LogP contribution is 2.30. The second kappa shape index (κ2) is 8.74. The van der Waals surface area contributed by atoms with E-state index in [0.717, 1.165) is 32.1 Å². The molecule has 0 bridgehead atoms. The average Bonchev–Trinajstić information content (AvgIpc) is 2.54. The largest absolute Gasteiger partial charge is 0.466 e. The summed E-state index contributed by atoms with van der Waals surface area (Å²) in [6.07, 6.45) is 6.38. The second-order valence-corrected chi connectivity index (χ2v) is 5.78. The van der Waals surface area contributed by atoms with Crippen LogP contribution in [-0.2, 0) is 20.7 Å². The van der Waals surface area contributed by atoms with E-state index < -0.39 is 0 Å². The molecule has 0 spiro atoms. The van der Waals surface area contributed by atoms with E-state index in [-0.39, 0.29) is 24.1 Å². The molecule has 3 nitrogen and oxygen atoms in total. The van der Waals surface area contributed by atoms with E-state index >= 15 is 0 Å². The molecule has 3 heteroatoms. The van der Waals surface area contributed by atoms with Crippen LogP contribution in [-0.4, -0.2) is 24.8 Å². The zero-order chi connectivity index (χ0) is 15.8. The molecule has 0 aromatic heterocycles. The first kappa shape index (κ1) is 16.8. The highest BCUT2D eigenvalue weighted by atomic mass is 16.5. The lowest BCUT2D eigenvalue weighted by Gasteiger charge is -2.35. The molecule has 0 unspecified atom stereocenters. The molecule has 3 atom stereocenters. The minimum Gasteiger partial charge on any atom is -0.466 e. The smallest absolute Gasteiger partial charge is 0.311 e. The highest BCUT2D eigenvalue weighted by Gasteiger charge is 2.36. The molecule has 22 heavy (non-hydrogen) atoms. The summed E-state index contributed by atoms with van der Waals surface area (Å²) in [5, 5.41) is 0. The maximum Gasteiger partial charge on any atom is 0.311 e. The Morgan fingerprint density at radius 2 is 2.14 bits per heavy atom. The van der Waals surface area contributed by atoms with Crippen molar-refractivity contribution in [1.82, 2.24) is 0 Å². The van der Waals surface area contributed by atoms with Crippen molar-refractivity contribution in [2.45, 2.75) is 51.2 Å². The Morgan fingerprint density at radius 3 is 2.82 bits per heavy atom. The van der Waals surface area contributed by atoms with Gasteiger partial charge in [0.1, 0.15) is 0 Å². The van der Waals surface area contributed by atoms with Crippen LogP contribution in [0.4, 0.5) is 0 Å². The fraction of sp³-hybridized carbons (Fsp3) is 0.526. The van der Waals surface area contributed by atoms with Gasteiger partial charge in [-0.2, -0.15) is 0 Å². The highest BCUT2D eigenvalue weighted by molar-refractivity contribution is 5.73. The van der Waals surface area contributed by atoms with E-state index in [1.807, 2.05) is 31.2 Å². The number of aryl methyl sites for hydroxylation is 1. The summed E-state index contributed by atoms with van der Waals surface area (Å²) in [7, 11) is 0. The number of ether oxygens (including phenoxy) is 2. The molecule has 0 radical (unpaired) electrons. The fourth-order valence-electron chi connectivity index (χ4n) is 3.06. The Bertz CT molecular complexity index is 469. The molecule has 0 aliphatic carbocycles. The number of benzene rings is 1. The average molecular weight is 302 g/mol. The Hall–Kier alpha value is -1.61. The minimum absolute atomic E-state index is 0.0574. The predicted molar refractivity (Wildman–Crippen MR) is 87.6 cm³/mol. The first-order chi connectivity index (χ1) is 10.7. The molecule has 1 aromatic rings. The van der Waals surface area contributed by atoms with Gasteiger partial charge in [-0.15, -0.1) is 6.58 Å². The van der Waals surface area contributed by atoms with Crippen molar-refractivity contribution < 1.29 is 14.3 Å². The normalized spacial score (nSPS) is 24.7. The quantitative estimate of drug-likeness (QED) is 0.565. The van der Waals surface area contributed by atoms with Gasteiger partial charge in [-0.25, -0.2) is 0 Å². The molecule has 0 saturated carbocycles. The van der Waals surface area contributed by atoms with Crippen LogP contribution in [0.1, 0.15) is 38.2 Å². The first-order valence-electron chi connectivity index (χ1n) is 8.21. The van der Waals surface area contributed by atoms with Crippen LogP contribution < -0.4 is 0 Å². The van der Waals surface area contributed by atoms with Crippen molar-refractivity contribution in [1.29, 1.82) is 0 Å². The maximum atomic E-state index is 12.2. The van der Waals surface area contributed by atoms with Crippen molar-refractivity contribution >= 4 is 5.97 Å². The number of hydrogen-bond acceptors (Lipinski definition) is 3. The molecular formula is C19H26O3. The molecule has 0 N–H and O–H groups in total. The number of rotatable bonds is 7. The SMILES string of the molecule is C=CC[C@@H]1CC[C@@H](C(=O)OCC)[C@H](CCc2ccccc2)O1. The van der Waals surface area contributed by atoms with E-state index in [1.54, 1.807) is 0 Å². The molecular weight excluding hydrogens is 276 g/mol. The summed E-state index contributed by atoms with van der Waals surface area (Å²) in [4.78, 5) is 12.2. The van der Waals surface area contributed by atoms with Gasteiger partial charge < -0.3 is 9.47 Å². The van der Waals surface area contributed by atoms with E-state index in [9.17, 15) is 4.79 Å². The molecule has 0 amide bonds. The van der Waals surface area contributed by atoms with Crippen molar-refractivity contribution in [3.63, 3.8) is 0 Å². The van der Waals surface area contributed by atoms with Crippen molar-refractivity contribution in [3.05, 3.63) is 48.6 Å². The summed E-state index contributed by atoms with van der Waals surface area (Å²) in [6, 6.07) is 10.3. The number of carbonyl (C=O) groups is 1. The third-order valence-electron chi connectivity index (χ3n) is 4.19. The van der Waals surface area contributed by atoms with Gasteiger partial charge in [0.25, 0.3) is 0 Å². The molecule has 1 heterocycles. The van der Waals surface area contributed by atoms with Gasteiger partial charge in [-0.05, 0) is 44.6 Å². The Labute approximate surface area is 133 Å². The number of carbonyl (C=O) groups excluding carboxylic acids is 1. The third-order valence-corrected chi connectivity index (χ3v) is 4.19. The molecule has 1 aliphatic rings. The minimum atomic E-state index is -0.135. The molecule has 120 valence electrons. The molecule has 2 rings (SSSR count). The van der Waals surface area contributed by atoms with E-state index in [4.69, 9.17) is 9.47 Å². The second-order valence-electron chi connectivity index (χ2n) is 5.78. The van der Waals surface area contributed by atoms with Gasteiger partial charge in [-0.3, -0.25) is 4.79 Å². The van der Waals surface area contributed by atoms with Crippen LogP contribution in [0.2, 0.25) is 0 Å². The lowest BCUT2D eigenvalue weighted by Crippen LogP contribution is -2.40.